The van der Waals surface area contributed by atoms with Crippen LogP contribution in [0.5, 0.6) is 0 Å². The van der Waals surface area contributed by atoms with E-state index in [-0.39, 0.29) is 0 Å². The molecule has 0 radical (unpaired) electrons. The predicted octanol–water partition coefficient (Wildman–Crippen LogP) is 2.26. The number of fused-ring (bicyclic) bond motifs is 1. The van der Waals surface area contributed by atoms with Crippen LogP contribution >= 0.6 is 0 Å². The van der Waals surface area contributed by atoms with Gasteiger partial charge in [-0.25, -0.2) is 5.43 Å². The van der Waals surface area contributed by atoms with Crippen molar-refractivity contribution in [2.45, 2.75) is 26.3 Å². The molecule has 13 heavy (non-hydrogen) atoms. The van der Waals surface area contributed by atoms with Gasteiger partial charge in [0.2, 0.25) is 0 Å². The first kappa shape index (κ1) is 8.57. The number of hydrogen-bond acceptors (Lipinski definition) is 2. The minimum Gasteiger partial charge on any atom is -0.311 e. The summed E-state index contributed by atoms with van der Waals surface area (Å²) >= 11 is 0. The van der Waals surface area contributed by atoms with Gasteiger partial charge in [0.05, 0.1) is 5.69 Å². The van der Waals surface area contributed by atoms with Crippen LogP contribution in [0.15, 0.2) is 18.2 Å². The normalized spacial score (nSPS) is 15.2. The second-order valence-electron chi connectivity index (χ2n) is 3.89. The minimum atomic E-state index is 0.614. The Balaban J connectivity index is 2.51. The molecule has 2 nitrogen and oxygen atoms in total. The SMILES string of the molecule is CC(C)c1cccc2c1CNN2C. The van der Waals surface area contributed by atoms with Crippen LogP contribution in [-0.4, -0.2) is 7.05 Å². The van der Waals surface area contributed by atoms with Crippen molar-refractivity contribution in [2.75, 3.05) is 12.1 Å². The molecule has 1 N–H and O–H groups in total. The van der Waals surface area contributed by atoms with Gasteiger partial charge < -0.3 is 5.01 Å². The molecule has 0 saturated heterocycles. The zero-order valence-electron chi connectivity index (χ0n) is 8.46. The van der Waals surface area contributed by atoms with Crippen LogP contribution < -0.4 is 10.4 Å². The van der Waals surface area contributed by atoms with Gasteiger partial charge in [-0.1, -0.05) is 26.0 Å². The maximum absolute atomic E-state index is 3.31. The molecule has 0 amide bonds. The monoisotopic (exact) mass is 176 g/mol. The third-order valence-electron chi connectivity index (χ3n) is 2.66. The Hall–Kier alpha value is -1.02. The lowest BCUT2D eigenvalue weighted by molar-refractivity contribution is 0.727. The predicted molar refractivity (Wildman–Crippen MR) is 55.8 cm³/mol. The molecule has 1 aromatic carbocycles. The second kappa shape index (κ2) is 3.04. The van der Waals surface area contributed by atoms with E-state index >= 15 is 0 Å². The fourth-order valence-electron chi connectivity index (χ4n) is 1.92. The van der Waals surface area contributed by atoms with E-state index in [0.717, 1.165) is 6.54 Å². The zero-order valence-corrected chi connectivity index (χ0v) is 8.46. The molecule has 0 saturated carbocycles. The maximum Gasteiger partial charge on any atom is 0.0565 e. The number of hydrazine groups is 1. The van der Waals surface area contributed by atoms with Gasteiger partial charge in [0, 0.05) is 13.6 Å². The Morgan fingerprint density at radius 1 is 1.38 bits per heavy atom. The van der Waals surface area contributed by atoms with E-state index in [2.05, 4.69) is 49.5 Å². The first-order chi connectivity index (χ1) is 6.20. The summed E-state index contributed by atoms with van der Waals surface area (Å²) in [4.78, 5) is 0. The molecular formula is C11H16N2. The molecule has 0 aliphatic carbocycles. The van der Waals surface area contributed by atoms with Crippen molar-refractivity contribution in [3.05, 3.63) is 29.3 Å². The molecular weight excluding hydrogens is 160 g/mol. The summed E-state index contributed by atoms with van der Waals surface area (Å²) in [6.07, 6.45) is 0. The molecule has 2 heteroatoms. The lowest BCUT2D eigenvalue weighted by atomic mass is 9.96. The quantitative estimate of drug-likeness (QED) is 0.706. The van der Waals surface area contributed by atoms with Gasteiger partial charge in [-0.2, -0.15) is 0 Å². The van der Waals surface area contributed by atoms with Gasteiger partial charge in [-0.3, -0.25) is 0 Å². The second-order valence-corrected chi connectivity index (χ2v) is 3.89. The average molecular weight is 176 g/mol. The van der Waals surface area contributed by atoms with E-state index in [9.17, 15) is 0 Å². The number of rotatable bonds is 1. The summed E-state index contributed by atoms with van der Waals surface area (Å²) in [5, 5.41) is 2.10. The van der Waals surface area contributed by atoms with E-state index in [4.69, 9.17) is 0 Å². The summed E-state index contributed by atoms with van der Waals surface area (Å²) in [7, 11) is 2.07. The third kappa shape index (κ3) is 1.31. The van der Waals surface area contributed by atoms with Gasteiger partial charge in [0.1, 0.15) is 0 Å². The fourth-order valence-corrected chi connectivity index (χ4v) is 1.92. The van der Waals surface area contributed by atoms with E-state index in [1.807, 2.05) is 0 Å². The molecule has 0 unspecified atom stereocenters. The topological polar surface area (TPSA) is 15.3 Å². The van der Waals surface area contributed by atoms with E-state index in [1.54, 1.807) is 0 Å². The van der Waals surface area contributed by atoms with Gasteiger partial charge in [-0.05, 0) is 23.1 Å². The molecule has 70 valence electrons. The standard InChI is InChI=1S/C11H16N2/c1-8(2)9-5-4-6-11-10(9)7-12-13(11)3/h4-6,8,12H,7H2,1-3H3. The highest BCUT2D eigenvalue weighted by Gasteiger charge is 2.18. The molecule has 1 aliphatic rings. The van der Waals surface area contributed by atoms with Crippen molar-refractivity contribution in [3.63, 3.8) is 0 Å². The Kier molecular flexibility index (Phi) is 2.00. The fraction of sp³-hybridized carbons (Fsp3) is 0.455. The van der Waals surface area contributed by atoms with Crippen molar-refractivity contribution in [1.29, 1.82) is 0 Å². The van der Waals surface area contributed by atoms with E-state index < -0.39 is 0 Å². The van der Waals surface area contributed by atoms with Gasteiger partial charge >= 0.3 is 0 Å². The van der Waals surface area contributed by atoms with Crippen molar-refractivity contribution in [2.24, 2.45) is 0 Å². The molecule has 0 spiro atoms. The van der Waals surface area contributed by atoms with Gasteiger partial charge in [-0.15, -0.1) is 0 Å². The summed E-state index contributed by atoms with van der Waals surface area (Å²) in [5.74, 6) is 0.614. The molecule has 1 aromatic rings. The van der Waals surface area contributed by atoms with Crippen molar-refractivity contribution >= 4 is 5.69 Å². The smallest absolute Gasteiger partial charge is 0.0565 e. The maximum atomic E-state index is 3.31. The summed E-state index contributed by atoms with van der Waals surface area (Å²) in [6, 6.07) is 6.53. The minimum absolute atomic E-state index is 0.614. The highest BCUT2D eigenvalue weighted by molar-refractivity contribution is 5.59. The van der Waals surface area contributed by atoms with Gasteiger partial charge in [0.25, 0.3) is 0 Å². The van der Waals surface area contributed by atoms with Crippen LogP contribution in [-0.2, 0) is 6.54 Å². The summed E-state index contributed by atoms with van der Waals surface area (Å²) < 4.78 is 0. The molecule has 1 heterocycles. The number of benzene rings is 1. The van der Waals surface area contributed by atoms with Crippen LogP contribution in [0, 0.1) is 0 Å². The number of hydrogen-bond donors (Lipinski definition) is 1. The number of nitrogens with zero attached hydrogens (tertiary/aromatic N) is 1. The van der Waals surface area contributed by atoms with Crippen LogP contribution in [0.1, 0.15) is 30.9 Å². The van der Waals surface area contributed by atoms with Crippen LogP contribution in [0.25, 0.3) is 0 Å². The molecule has 2 rings (SSSR count). The zero-order chi connectivity index (χ0) is 9.42. The largest absolute Gasteiger partial charge is 0.311 e. The average Bonchev–Trinajstić information content (AvgIpc) is 2.48. The highest BCUT2D eigenvalue weighted by atomic mass is 15.5. The van der Waals surface area contributed by atoms with Crippen LogP contribution in [0.3, 0.4) is 0 Å². The summed E-state index contributed by atoms with van der Waals surface area (Å²) in [6.45, 7) is 5.46. The van der Waals surface area contributed by atoms with E-state index in [1.165, 1.54) is 16.8 Å². The molecule has 0 bridgehead atoms. The Morgan fingerprint density at radius 2 is 2.15 bits per heavy atom. The van der Waals surface area contributed by atoms with Crippen molar-refractivity contribution < 1.29 is 0 Å². The highest BCUT2D eigenvalue weighted by Crippen LogP contribution is 2.30. The van der Waals surface area contributed by atoms with Crippen molar-refractivity contribution in [3.8, 4) is 0 Å². The first-order valence-corrected chi connectivity index (χ1v) is 4.79. The molecule has 0 atom stereocenters. The third-order valence-corrected chi connectivity index (χ3v) is 2.66. The lowest BCUT2D eigenvalue weighted by Crippen LogP contribution is -2.26. The number of anilines is 1. The Morgan fingerprint density at radius 3 is 2.85 bits per heavy atom. The van der Waals surface area contributed by atoms with Crippen molar-refractivity contribution in [1.82, 2.24) is 5.43 Å². The van der Waals surface area contributed by atoms with E-state index in [0.29, 0.717) is 5.92 Å². The Labute approximate surface area is 79.5 Å². The van der Waals surface area contributed by atoms with Crippen LogP contribution in [0.4, 0.5) is 5.69 Å². The van der Waals surface area contributed by atoms with Crippen LogP contribution in [0.2, 0.25) is 0 Å². The molecule has 1 aliphatic heterocycles. The molecule has 0 fully saturated rings. The number of nitrogens with one attached hydrogen (secondary N) is 1. The summed E-state index contributed by atoms with van der Waals surface area (Å²) in [5.41, 5.74) is 7.56. The first-order valence-electron chi connectivity index (χ1n) is 4.79. The van der Waals surface area contributed by atoms with Gasteiger partial charge in [0.15, 0.2) is 0 Å². The Bertz CT molecular complexity index is 318. The molecule has 0 aromatic heterocycles. The lowest BCUT2D eigenvalue weighted by Gasteiger charge is -2.13.